The number of amides is 2. The number of fused-ring (bicyclic) bond motifs is 3. The second kappa shape index (κ2) is 7.70. The Balaban J connectivity index is 1.79. The fourth-order valence-corrected chi connectivity index (χ4v) is 3.79. The van der Waals surface area contributed by atoms with E-state index in [0.29, 0.717) is 18.7 Å². The lowest BCUT2D eigenvalue weighted by molar-refractivity contribution is 0.165. The van der Waals surface area contributed by atoms with E-state index in [-0.39, 0.29) is 11.8 Å². The number of tetrazole rings is 1. The first-order valence-corrected chi connectivity index (χ1v) is 9.65. The van der Waals surface area contributed by atoms with Gasteiger partial charge in [-0.05, 0) is 59.7 Å². The lowest BCUT2D eigenvalue weighted by Gasteiger charge is -2.26. The number of carbonyl (C=O) groups excluding carboxylic acids is 1. The highest BCUT2D eigenvalue weighted by atomic mass is 19.1. The monoisotopic (exact) mass is 406 g/mol. The number of pyridine rings is 1. The van der Waals surface area contributed by atoms with E-state index in [9.17, 15) is 9.18 Å². The Morgan fingerprint density at radius 1 is 1.07 bits per heavy atom. The van der Waals surface area contributed by atoms with E-state index in [1.54, 1.807) is 35.6 Å². The van der Waals surface area contributed by atoms with E-state index in [2.05, 4.69) is 27.7 Å². The molecule has 0 aliphatic carbocycles. The normalized spacial score (nSPS) is 11.2. The van der Waals surface area contributed by atoms with Gasteiger partial charge in [-0.3, -0.25) is 0 Å². The predicted octanol–water partition coefficient (Wildman–Crippen LogP) is 3.72. The Labute approximate surface area is 173 Å². The van der Waals surface area contributed by atoms with Gasteiger partial charge in [0.15, 0.2) is 5.65 Å². The average Bonchev–Trinajstić information content (AvgIpc) is 3.17. The predicted molar refractivity (Wildman–Crippen MR) is 112 cm³/mol. The number of aryl methyl sites for hydroxylation is 2. The molecule has 0 saturated heterocycles. The molecule has 0 bridgehead atoms. The minimum Gasteiger partial charge on any atom is -0.331 e. The van der Waals surface area contributed by atoms with E-state index >= 15 is 0 Å². The summed E-state index contributed by atoms with van der Waals surface area (Å²) in [6.45, 7) is 4.75. The summed E-state index contributed by atoms with van der Waals surface area (Å²) < 4.78 is 15.0. The van der Waals surface area contributed by atoms with Crippen LogP contribution >= 0.6 is 0 Å². The van der Waals surface area contributed by atoms with E-state index in [1.165, 1.54) is 17.0 Å². The highest BCUT2D eigenvalue weighted by molar-refractivity contribution is 5.86. The molecule has 7 nitrogen and oxygen atoms in total. The van der Waals surface area contributed by atoms with Crippen LogP contribution in [0.3, 0.4) is 0 Å². The first kappa shape index (κ1) is 19.8. The third-order valence-corrected chi connectivity index (χ3v) is 5.07. The highest BCUT2D eigenvalue weighted by Crippen LogP contribution is 2.25. The Bertz CT molecular complexity index is 1230. The maximum atomic E-state index is 13.3. The van der Waals surface area contributed by atoms with Gasteiger partial charge in [0.2, 0.25) is 0 Å². The minimum absolute atomic E-state index is 0.148. The molecular formula is C22H23FN6O. The summed E-state index contributed by atoms with van der Waals surface area (Å²) in [5.74, 6) is -0.305. The number of halogens is 1. The van der Waals surface area contributed by atoms with E-state index in [0.717, 1.165) is 33.2 Å². The van der Waals surface area contributed by atoms with Crippen molar-refractivity contribution in [2.75, 3.05) is 14.1 Å². The first-order chi connectivity index (χ1) is 14.3. The van der Waals surface area contributed by atoms with Crippen LogP contribution in [0.5, 0.6) is 0 Å². The van der Waals surface area contributed by atoms with Crippen LogP contribution in [0, 0.1) is 19.7 Å². The van der Waals surface area contributed by atoms with Gasteiger partial charge in [-0.25, -0.2) is 9.18 Å². The molecular weight excluding hydrogens is 383 g/mol. The van der Waals surface area contributed by atoms with Crippen molar-refractivity contribution in [1.29, 1.82) is 0 Å². The molecule has 4 aromatic rings. The fraction of sp³-hybridized carbons (Fsp3) is 0.273. The number of benzene rings is 2. The standard InChI is InChI=1S/C22H23FN6O/c1-14-9-15(2)20-17(10-14)11-18(21-24-25-26-29(20)21)13-28(22(30)27(3)4)12-16-5-7-19(23)8-6-16/h5-11H,12-13H2,1-4H3. The van der Waals surface area contributed by atoms with E-state index in [4.69, 9.17) is 0 Å². The summed E-state index contributed by atoms with van der Waals surface area (Å²) >= 11 is 0. The second-order valence-electron chi connectivity index (χ2n) is 7.76. The number of urea groups is 1. The van der Waals surface area contributed by atoms with Gasteiger partial charge >= 0.3 is 6.03 Å². The molecule has 0 fully saturated rings. The van der Waals surface area contributed by atoms with E-state index in [1.807, 2.05) is 19.9 Å². The van der Waals surface area contributed by atoms with Crippen LogP contribution < -0.4 is 0 Å². The molecule has 0 aliphatic rings. The van der Waals surface area contributed by atoms with Gasteiger partial charge in [-0.15, -0.1) is 5.10 Å². The molecule has 8 heteroatoms. The molecule has 30 heavy (non-hydrogen) atoms. The van der Waals surface area contributed by atoms with Crippen molar-refractivity contribution >= 4 is 22.6 Å². The zero-order valence-corrected chi connectivity index (χ0v) is 17.4. The Hall–Kier alpha value is -3.55. The molecule has 0 unspecified atom stereocenters. The number of aromatic nitrogens is 4. The summed E-state index contributed by atoms with van der Waals surface area (Å²) in [4.78, 5) is 16.1. The largest absolute Gasteiger partial charge is 0.331 e. The molecule has 2 aromatic heterocycles. The Morgan fingerprint density at radius 3 is 2.50 bits per heavy atom. The van der Waals surface area contributed by atoms with Gasteiger partial charge in [-0.1, -0.05) is 23.8 Å². The van der Waals surface area contributed by atoms with Gasteiger partial charge in [0.1, 0.15) is 5.82 Å². The molecule has 0 atom stereocenters. The molecule has 0 spiro atoms. The Kier molecular flexibility index (Phi) is 5.07. The molecule has 0 radical (unpaired) electrons. The summed E-state index contributed by atoms with van der Waals surface area (Å²) in [6, 6.07) is 12.3. The van der Waals surface area contributed by atoms with Crippen LogP contribution in [0.2, 0.25) is 0 Å². The van der Waals surface area contributed by atoms with Crippen molar-refractivity contribution in [3.63, 3.8) is 0 Å². The van der Waals surface area contributed by atoms with Crippen molar-refractivity contribution in [2.24, 2.45) is 0 Å². The summed E-state index contributed by atoms with van der Waals surface area (Å²) in [6.07, 6.45) is 0. The summed E-state index contributed by atoms with van der Waals surface area (Å²) in [5, 5.41) is 13.3. The topological polar surface area (TPSA) is 66.6 Å². The maximum Gasteiger partial charge on any atom is 0.320 e. The van der Waals surface area contributed by atoms with Crippen molar-refractivity contribution < 1.29 is 9.18 Å². The van der Waals surface area contributed by atoms with Crippen LogP contribution in [-0.2, 0) is 13.1 Å². The number of nitrogens with zero attached hydrogens (tertiary/aromatic N) is 6. The Morgan fingerprint density at radius 2 is 1.80 bits per heavy atom. The first-order valence-electron chi connectivity index (χ1n) is 9.65. The van der Waals surface area contributed by atoms with Gasteiger partial charge in [-0.2, -0.15) is 4.52 Å². The van der Waals surface area contributed by atoms with Crippen molar-refractivity contribution in [3.05, 3.63) is 70.5 Å². The number of hydrogen-bond acceptors (Lipinski definition) is 4. The molecule has 2 amide bonds. The van der Waals surface area contributed by atoms with Crippen LogP contribution in [0.1, 0.15) is 22.3 Å². The molecule has 0 saturated carbocycles. The van der Waals surface area contributed by atoms with Crippen molar-refractivity contribution in [2.45, 2.75) is 26.9 Å². The molecule has 4 rings (SSSR count). The van der Waals surface area contributed by atoms with Gasteiger partial charge in [0, 0.05) is 31.6 Å². The van der Waals surface area contributed by atoms with Crippen molar-refractivity contribution in [3.8, 4) is 0 Å². The van der Waals surface area contributed by atoms with Crippen LogP contribution in [0.15, 0.2) is 42.5 Å². The lowest BCUT2D eigenvalue weighted by atomic mass is 10.0. The molecule has 2 aromatic carbocycles. The third kappa shape index (κ3) is 3.68. The lowest BCUT2D eigenvalue weighted by Crippen LogP contribution is -2.38. The molecule has 0 aliphatic heterocycles. The fourth-order valence-electron chi connectivity index (χ4n) is 3.79. The summed E-state index contributed by atoms with van der Waals surface area (Å²) in [7, 11) is 3.42. The van der Waals surface area contributed by atoms with E-state index < -0.39 is 0 Å². The van der Waals surface area contributed by atoms with Gasteiger partial charge in [0.25, 0.3) is 0 Å². The second-order valence-corrected chi connectivity index (χ2v) is 7.76. The van der Waals surface area contributed by atoms with Gasteiger partial charge < -0.3 is 9.80 Å². The highest BCUT2D eigenvalue weighted by Gasteiger charge is 2.20. The zero-order chi connectivity index (χ0) is 21.4. The quantitative estimate of drug-likeness (QED) is 0.518. The smallest absolute Gasteiger partial charge is 0.320 e. The minimum atomic E-state index is -0.305. The molecule has 2 heterocycles. The van der Waals surface area contributed by atoms with Crippen LogP contribution in [0.25, 0.3) is 16.6 Å². The van der Waals surface area contributed by atoms with Gasteiger partial charge in [0.05, 0.1) is 12.1 Å². The number of carbonyl (C=O) groups is 1. The van der Waals surface area contributed by atoms with Crippen molar-refractivity contribution in [1.82, 2.24) is 29.8 Å². The maximum absolute atomic E-state index is 13.3. The number of rotatable bonds is 4. The number of hydrogen-bond donors (Lipinski definition) is 0. The molecule has 0 N–H and O–H groups in total. The SMILES string of the molecule is Cc1cc(C)c2c(c1)cc(CN(Cc1ccc(F)cc1)C(=O)N(C)C)c1nnnn12. The third-order valence-electron chi connectivity index (χ3n) is 5.07. The summed E-state index contributed by atoms with van der Waals surface area (Å²) in [5.41, 5.74) is 5.48. The molecule has 154 valence electrons. The zero-order valence-electron chi connectivity index (χ0n) is 17.4. The van der Waals surface area contributed by atoms with Crippen LogP contribution in [-0.4, -0.2) is 50.0 Å². The average molecular weight is 406 g/mol. The van der Waals surface area contributed by atoms with Crippen LogP contribution in [0.4, 0.5) is 9.18 Å².